The van der Waals surface area contributed by atoms with Gasteiger partial charge >= 0.3 is 5.97 Å². The Balaban J connectivity index is 2.43. The highest BCUT2D eigenvalue weighted by Gasteiger charge is 2.12. The van der Waals surface area contributed by atoms with Gasteiger partial charge < -0.3 is 10.1 Å². The highest BCUT2D eigenvalue weighted by Crippen LogP contribution is 2.20. The van der Waals surface area contributed by atoms with Crippen molar-refractivity contribution in [2.75, 3.05) is 7.05 Å². The van der Waals surface area contributed by atoms with Crippen molar-refractivity contribution in [1.29, 1.82) is 0 Å². The van der Waals surface area contributed by atoms with Gasteiger partial charge in [0, 0.05) is 30.6 Å². The fourth-order valence-electron chi connectivity index (χ4n) is 1.87. The van der Waals surface area contributed by atoms with Gasteiger partial charge in [0.1, 0.15) is 5.71 Å². The number of aryl methyl sites for hydroxylation is 1. The molecule has 0 aliphatic carbocycles. The van der Waals surface area contributed by atoms with Crippen LogP contribution >= 0.6 is 0 Å². The number of fused-ring (bicyclic) bond motifs is 1. The molecule has 0 amide bonds. The Morgan fingerprint density at radius 3 is 2.88 bits per heavy atom. The molecule has 2 rings (SSSR count). The van der Waals surface area contributed by atoms with E-state index in [2.05, 4.69) is 16.0 Å². The summed E-state index contributed by atoms with van der Waals surface area (Å²) in [6.07, 6.45) is 2.19. The van der Waals surface area contributed by atoms with E-state index in [1.54, 1.807) is 0 Å². The fraction of sp³-hybridized carbons (Fsp3) is 0.231. The van der Waals surface area contributed by atoms with Gasteiger partial charge in [-0.1, -0.05) is 11.6 Å². The van der Waals surface area contributed by atoms with Gasteiger partial charge in [-0.25, -0.2) is 4.79 Å². The number of benzene rings is 1. The average molecular weight is 230 g/mol. The SMILES string of the molecule is C/N=C(\Cc1c[nH]c2ccc(C)cc12)C(=O)O. The number of carbonyl (C=O) groups is 1. The van der Waals surface area contributed by atoms with Crippen LogP contribution in [0.25, 0.3) is 10.9 Å². The molecule has 1 heterocycles. The molecule has 0 fully saturated rings. The lowest BCUT2D eigenvalue weighted by molar-refractivity contribution is -0.129. The molecule has 1 aromatic heterocycles. The molecule has 17 heavy (non-hydrogen) atoms. The van der Waals surface area contributed by atoms with Crippen LogP contribution in [0, 0.1) is 6.92 Å². The molecule has 2 N–H and O–H groups in total. The lowest BCUT2D eigenvalue weighted by atomic mass is 10.1. The van der Waals surface area contributed by atoms with Crippen LogP contribution in [-0.2, 0) is 11.2 Å². The number of nitrogens with one attached hydrogen (secondary N) is 1. The maximum Gasteiger partial charge on any atom is 0.350 e. The van der Waals surface area contributed by atoms with Gasteiger partial charge in [0.25, 0.3) is 0 Å². The van der Waals surface area contributed by atoms with Crippen molar-refractivity contribution in [3.63, 3.8) is 0 Å². The predicted octanol–water partition coefficient (Wildman–Crippen LogP) is 2.17. The summed E-state index contributed by atoms with van der Waals surface area (Å²) >= 11 is 0. The van der Waals surface area contributed by atoms with Crippen molar-refractivity contribution in [2.45, 2.75) is 13.3 Å². The van der Waals surface area contributed by atoms with Crippen molar-refractivity contribution in [1.82, 2.24) is 4.98 Å². The number of rotatable bonds is 3. The molecule has 2 aromatic rings. The number of hydrogen-bond acceptors (Lipinski definition) is 2. The van der Waals surface area contributed by atoms with Crippen molar-refractivity contribution >= 4 is 22.6 Å². The van der Waals surface area contributed by atoms with Crippen LogP contribution in [0.4, 0.5) is 0 Å². The number of carboxylic acid groups (broad SMARTS) is 1. The minimum absolute atomic E-state index is 0.174. The van der Waals surface area contributed by atoms with Gasteiger partial charge in [-0.2, -0.15) is 0 Å². The molecule has 4 nitrogen and oxygen atoms in total. The Morgan fingerprint density at radius 2 is 2.24 bits per heavy atom. The topological polar surface area (TPSA) is 65.5 Å². The predicted molar refractivity (Wildman–Crippen MR) is 67.7 cm³/mol. The van der Waals surface area contributed by atoms with Gasteiger partial charge in [-0.05, 0) is 24.6 Å². The molecular formula is C13H14N2O2. The lowest BCUT2D eigenvalue weighted by Gasteiger charge is -2.00. The van der Waals surface area contributed by atoms with Gasteiger partial charge in [0.2, 0.25) is 0 Å². The minimum atomic E-state index is -0.963. The molecule has 0 bridgehead atoms. The van der Waals surface area contributed by atoms with E-state index in [9.17, 15) is 4.79 Å². The normalized spacial score (nSPS) is 12.0. The summed E-state index contributed by atoms with van der Waals surface area (Å²) in [4.78, 5) is 17.8. The van der Waals surface area contributed by atoms with Crippen molar-refractivity contribution in [3.8, 4) is 0 Å². The third kappa shape index (κ3) is 2.20. The van der Waals surface area contributed by atoms with Crippen LogP contribution in [0.15, 0.2) is 29.4 Å². The van der Waals surface area contributed by atoms with Crippen LogP contribution in [0.2, 0.25) is 0 Å². The van der Waals surface area contributed by atoms with Crippen LogP contribution in [0.3, 0.4) is 0 Å². The number of carboxylic acids is 1. The summed E-state index contributed by atoms with van der Waals surface area (Å²) in [6.45, 7) is 2.02. The van der Waals surface area contributed by atoms with Gasteiger partial charge in [-0.15, -0.1) is 0 Å². The number of aromatic amines is 1. The molecule has 0 aliphatic heterocycles. The van der Waals surface area contributed by atoms with Crippen molar-refractivity contribution in [3.05, 3.63) is 35.5 Å². The lowest BCUT2D eigenvalue weighted by Crippen LogP contribution is -2.15. The third-order valence-electron chi connectivity index (χ3n) is 2.80. The van der Waals surface area contributed by atoms with Crippen LogP contribution in [-0.4, -0.2) is 28.8 Å². The molecule has 4 heteroatoms. The highest BCUT2D eigenvalue weighted by molar-refractivity contribution is 6.36. The molecule has 1 aromatic carbocycles. The van der Waals surface area contributed by atoms with Crippen LogP contribution < -0.4 is 0 Å². The van der Waals surface area contributed by atoms with E-state index < -0.39 is 5.97 Å². The number of aliphatic carboxylic acids is 1. The van der Waals surface area contributed by atoms with Gasteiger partial charge in [0.05, 0.1) is 0 Å². The first-order valence-corrected chi connectivity index (χ1v) is 5.37. The number of H-pyrrole nitrogens is 1. The molecule has 88 valence electrons. The zero-order chi connectivity index (χ0) is 12.4. The number of aliphatic imine (C=N–C) groups is 1. The van der Waals surface area contributed by atoms with E-state index >= 15 is 0 Å². The first-order valence-electron chi connectivity index (χ1n) is 5.37. The second kappa shape index (κ2) is 4.41. The summed E-state index contributed by atoms with van der Waals surface area (Å²) in [6, 6.07) is 6.07. The first-order chi connectivity index (χ1) is 8.11. The quantitative estimate of drug-likeness (QED) is 0.793. The summed E-state index contributed by atoms with van der Waals surface area (Å²) < 4.78 is 0. The van der Waals surface area contributed by atoms with E-state index in [1.165, 1.54) is 7.05 Å². The maximum atomic E-state index is 10.9. The average Bonchev–Trinajstić information content (AvgIpc) is 2.68. The van der Waals surface area contributed by atoms with Crippen molar-refractivity contribution < 1.29 is 9.90 Å². The minimum Gasteiger partial charge on any atom is -0.477 e. The Morgan fingerprint density at radius 1 is 1.47 bits per heavy atom. The Bertz CT molecular complexity index is 596. The van der Waals surface area contributed by atoms with Crippen LogP contribution in [0.1, 0.15) is 11.1 Å². The molecule has 0 saturated heterocycles. The van der Waals surface area contributed by atoms with E-state index in [-0.39, 0.29) is 5.71 Å². The fourth-order valence-corrected chi connectivity index (χ4v) is 1.87. The smallest absolute Gasteiger partial charge is 0.350 e. The van der Waals surface area contributed by atoms with Gasteiger partial charge in [0.15, 0.2) is 0 Å². The van der Waals surface area contributed by atoms with Crippen LogP contribution in [0.5, 0.6) is 0 Å². The summed E-state index contributed by atoms with van der Waals surface area (Å²) in [5.41, 5.74) is 3.31. The highest BCUT2D eigenvalue weighted by atomic mass is 16.4. The molecule has 0 atom stereocenters. The third-order valence-corrected chi connectivity index (χ3v) is 2.80. The molecule has 0 spiro atoms. The number of nitrogens with zero attached hydrogens (tertiary/aromatic N) is 1. The zero-order valence-corrected chi connectivity index (χ0v) is 9.82. The van der Waals surface area contributed by atoms with E-state index in [0.29, 0.717) is 6.42 Å². The number of aromatic nitrogens is 1. The first kappa shape index (κ1) is 11.4. The number of hydrogen-bond donors (Lipinski definition) is 2. The molecule has 0 unspecified atom stereocenters. The van der Waals surface area contributed by atoms with Crippen molar-refractivity contribution in [2.24, 2.45) is 4.99 Å². The molecular weight excluding hydrogens is 216 g/mol. The standard InChI is InChI=1S/C13H14N2O2/c1-8-3-4-11-10(5-8)9(7-15-11)6-12(14-2)13(16)17/h3-5,7,15H,6H2,1-2H3,(H,16,17)/b14-12+. The second-order valence-corrected chi connectivity index (χ2v) is 4.02. The van der Waals surface area contributed by atoms with E-state index in [4.69, 9.17) is 5.11 Å². The Kier molecular flexibility index (Phi) is 2.95. The maximum absolute atomic E-state index is 10.9. The summed E-state index contributed by atoms with van der Waals surface area (Å²) in [5, 5.41) is 10.0. The Hall–Kier alpha value is -2.10. The van der Waals surface area contributed by atoms with Gasteiger partial charge in [-0.3, -0.25) is 4.99 Å². The molecule has 0 aliphatic rings. The largest absolute Gasteiger partial charge is 0.477 e. The summed E-state index contributed by atoms with van der Waals surface area (Å²) in [7, 11) is 1.50. The molecule has 0 saturated carbocycles. The summed E-state index contributed by atoms with van der Waals surface area (Å²) in [5.74, 6) is -0.963. The molecule has 0 radical (unpaired) electrons. The zero-order valence-electron chi connectivity index (χ0n) is 9.82. The van der Waals surface area contributed by atoms with E-state index in [0.717, 1.165) is 22.0 Å². The monoisotopic (exact) mass is 230 g/mol. The van der Waals surface area contributed by atoms with E-state index in [1.807, 2.05) is 25.3 Å². The Labute approximate surface area is 99.0 Å². The second-order valence-electron chi connectivity index (χ2n) is 4.02.